The average molecular weight is 437 g/mol. The topological polar surface area (TPSA) is 88.5 Å². The van der Waals surface area contributed by atoms with Gasteiger partial charge in [0, 0.05) is 35.4 Å². The van der Waals surface area contributed by atoms with E-state index in [0.29, 0.717) is 40.5 Å². The van der Waals surface area contributed by atoms with Crippen LogP contribution in [-0.4, -0.2) is 27.6 Å². The quantitative estimate of drug-likeness (QED) is 0.484. The third-order valence-electron chi connectivity index (χ3n) is 5.11. The molecular formula is C23H21ClN4O3. The van der Waals surface area contributed by atoms with Gasteiger partial charge in [0.25, 0.3) is 11.5 Å². The number of benzene rings is 2. The number of hydrogen-bond donors (Lipinski definition) is 2. The Morgan fingerprint density at radius 3 is 2.48 bits per heavy atom. The van der Waals surface area contributed by atoms with Crippen molar-refractivity contribution in [2.45, 2.75) is 19.9 Å². The fourth-order valence-corrected chi connectivity index (χ4v) is 3.48. The van der Waals surface area contributed by atoms with Crippen LogP contribution in [0.4, 0.5) is 0 Å². The maximum atomic E-state index is 13.0. The van der Waals surface area contributed by atoms with Crippen molar-refractivity contribution in [1.82, 2.24) is 19.9 Å². The molecule has 2 aromatic heterocycles. The highest BCUT2D eigenvalue weighted by Gasteiger charge is 2.18. The Morgan fingerprint density at radius 1 is 1.13 bits per heavy atom. The Kier molecular flexibility index (Phi) is 5.77. The van der Waals surface area contributed by atoms with Crippen LogP contribution in [0.15, 0.2) is 59.5 Å². The molecule has 158 valence electrons. The van der Waals surface area contributed by atoms with Gasteiger partial charge in [0.15, 0.2) is 5.65 Å². The molecule has 0 spiro atoms. The summed E-state index contributed by atoms with van der Waals surface area (Å²) in [5.41, 5.74) is 3.42. The lowest BCUT2D eigenvalue weighted by Gasteiger charge is -2.08. The van der Waals surface area contributed by atoms with Crippen molar-refractivity contribution < 1.29 is 9.53 Å². The molecule has 31 heavy (non-hydrogen) atoms. The fraction of sp³-hybridized carbons (Fsp3) is 0.174. The first-order chi connectivity index (χ1) is 15.0. The summed E-state index contributed by atoms with van der Waals surface area (Å²) >= 11 is 5.94. The highest BCUT2D eigenvalue weighted by Crippen LogP contribution is 2.16. The van der Waals surface area contributed by atoms with E-state index in [1.807, 2.05) is 36.4 Å². The van der Waals surface area contributed by atoms with E-state index in [-0.39, 0.29) is 11.5 Å². The number of amides is 1. The number of nitrogens with one attached hydrogen (secondary N) is 2. The molecule has 0 atom stereocenters. The molecule has 0 aliphatic carbocycles. The first kappa shape index (κ1) is 20.7. The van der Waals surface area contributed by atoms with Crippen LogP contribution in [-0.2, 0) is 13.0 Å². The zero-order valence-electron chi connectivity index (χ0n) is 17.1. The molecule has 7 nitrogen and oxygen atoms in total. The van der Waals surface area contributed by atoms with Crippen molar-refractivity contribution in [3.8, 4) is 5.75 Å². The van der Waals surface area contributed by atoms with E-state index in [0.717, 1.165) is 16.9 Å². The van der Waals surface area contributed by atoms with Crippen molar-refractivity contribution in [3.05, 3.63) is 98.1 Å². The zero-order valence-corrected chi connectivity index (χ0v) is 17.9. The molecule has 4 rings (SSSR count). The van der Waals surface area contributed by atoms with Crippen LogP contribution in [0.25, 0.3) is 5.65 Å². The number of aromatic amines is 1. The van der Waals surface area contributed by atoms with Crippen LogP contribution >= 0.6 is 11.6 Å². The third kappa shape index (κ3) is 4.32. The standard InChI is InChI=1S/C23H21ClN4O3/c1-14-19(11-15-3-7-17(24)8-4-15)23(30)28-21(27-14)20(13-26-28)22(29)25-12-16-5-9-18(31-2)10-6-16/h3-10,13,26H,11-12H2,1-2H3,(H,25,29). The Hall–Kier alpha value is -3.58. The molecule has 2 heterocycles. The largest absolute Gasteiger partial charge is 0.497 e. The number of carbonyl (C=O) groups excluding carboxylic acids is 1. The summed E-state index contributed by atoms with van der Waals surface area (Å²) in [5, 5.41) is 6.36. The van der Waals surface area contributed by atoms with E-state index < -0.39 is 0 Å². The molecule has 4 aromatic rings. The second-order valence-corrected chi connectivity index (χ2v) is 7.60. The normalized spacial score (nSPS) is 10.9. The number of ether oxygens (including phenoxy) is 1. The van der Waals surface area contributed by atoms with Crippen molar-refractivity contribution in [3.63, 3.8) is 0 Å². The smallest absolute Gasteiger partial charge is 0.276 e. The van der Waals surface area contributed by atoms with Crippen molar-refractivity contribution in [1.29, 1.82) is 0 Å². The Morgan fingerprint density at radius 2 is 1.81 bits per heavy atom. The summed E-state index contributed by atoms with van der Waals surface area (Å²) < 4.78 is 6.44. The summed E-state index contributed by atoms with van der Waals surface area (Å²) in [6, 6.07) is 14.8. The molecule has 0 bridgehead atoms. The van der Waals surface area contributed by atoms with Gasteiger partial charge in [-0.3, -0.25) is 14.7 Å². The molecule has 0 unspecified atom stereocenters. The Balaban J connectivity index is 1.57. The predicted octanol–water partition coefficient (Wildman–Crippen LogP) is 3.51. The van der Waals surface area contributed by atoms with Gasteiger partial charge >= 0.3 is 0 Å². The third-order valence-corrected chi connectivity index (χ3v) is 5.37. The van der Waals surface area contributed by atoms with Gasteiger partial charge in [-0.05, 0) is 42.3 Å². The number of fused-ring (bicyclic) bond motifs is 1. The maximum absolute atomic E-state index is 13.0. The SMILES string of the molecule is COc1ccc(CNC(=O)c2c[nH]n3c(=O)c(Cc4ccc(Cl)cc4)c(C)nc23)cc1. The lowest BCUT2D eigenvalue weighted by atomic mass is 10.1. The number of H-pyrrole nitrogens is 1. The predicted molar refractivity (Wildman–Crippen MR) is 119 cm³/mol. The molecule has 0 saturated carbocycles. The summed E-state index contributed by atoms with van der Waals surface area (Å²) in [5.74, 6) is 0.437. The minimum absolute atomic E-state index is 0.230. The van der Waals surface area contributed by atoms with E-state index in [4.69, 9.17) is 16.3 Å². The van der Waals surface area contributed by atoms with Gasteiger partial charge in [0.2, 0.25) is 0 Å². The van der Waals surface area contributed by atoms with Gasteiger partial charge in [-0.1, -0.05) is 35.9 Å². The summed E-state index contributed by atoms with van der Waals surface area (Å²) in [7, 11) is 1.60. The second-order valence-electron chi connectivity index (χ2n) is 7.16. The molecule has 2 aromatic carbocycles. The first-order valence-electron chi connectivity index (χ1n) is 9.71. The molecular weight excluding hydrogens is 416 g/mol. The zero-order chi connectivity index (χ0) is 22.0. The van der Waals surface area contributed by atoms with Crippen molar-refractivity contribution in [2.24, 2.45) is 0 Å². The number of nitrogens with zero attached hydrogens (tertiary/aromatic N) is 2. The van der Waals surface area contributed by atoms with Crippen molar-refractivity contribution >= 4 is 23.2 Å². The molecule has 0 saturated heterocycles. The van der Waals surface area contributed by atoms with Gasteiger partial charge in [-0.15, -0.1) is 0 Å². The number of methoxy groups -OCH3 is 1. The highest BCUT2D eigenvalue weighted by molar-refractivity contribution is 6.30. The molecule has 1 amide bonds. The number of rotatable bonds is 6. The number of hydrogen-bond acceptors (Lipinski definition) is 4. The monoisotopic (exact) mass is 436 g/mol. The second kappa shape index (κ2) is 8.65. The van der Waals surface area contributed by atoms with E-state index in [2.05, 4.69) is 15.4 Å². The number of halogens is 1. The van der Waals surface area contributed by atoms with Crippen LogP contribution in [0.3, 0.4) is 0 Å². The van der Waals surface area contributed by atoms with Gasteiger partial charge in [-0.25, -0.2) is 9.50 Å². The van der Waals surface area contributed by atoms with E-state index in [9.17, 15) is 9.59 Å². The van der Waals surface area contributed by atoms with Gasteiger partial charge in [0.1, 0.15) is 11.3 Å². The van der Waals surface area contributed by atoms with Crippen LogP contribution in [0, 0.1) is 6.92 Å². The number of aromatic nitrogens is 3. The maximum Gasteiger partial charge on any atom is 0.276 e. The molecule has 0 aliphatic heterocycles. The average Bonchev–Trinajstić information content (AvgIpc) is 3.20. The molecule has 0 fully saturated rings. The minimum Gasteiger partial charge on any atom is -0.497 e. The highest BCUT2D eigenvalue weighted by atomic mass is 35.5. The van der Waals surface area contributed by atoms with Crippen LogP contribution < -0.4 is 15.6 Å². The number of aryl methyl sites for hydroxylation is 1. The lowest BCUT2D eigenvalue weighted by molar-refractivity contribution is 0.0952. The van der Waals surface area contributed by atoms with Crippen LogP contribution in [0.2, 0.25) is 5.02 Å². The van der Waals surface area contributed by atoms with Gasteiger partial charge in [0.05, 0.1) is 7.11 Å². The summed E-state index contributed by atoms with van der Waals surface area (Å²) in [6.07, 6.45) is 1.92. The minimum atomic E-state index is -0.314. The van der Waals surface area contributed by atoms with Crippen molar-refractivity contribution in [2.75, 3.05) is 7.11 Å². The summed E-state index contributed by atoms with van der Waals surface area (Å²) in [6.45, 7) is 2.12. The molecule has 8 heteroatoms. The fourth-order valence-electron chi connectivity index (χ4n) is 3.35. The lowest BCUT2D eigenvalue weighted by Crippen LogP contribution is -2.25. The molecule has 2 N–H and O–H groups in total. The van der Waals surface area contributed by atoms with E-state index in [1.165, 1.54) is 10.7 Å². The van der Waals surface area contributed by atoms with E-state index >= 15 is 0 Å². The van der Waals surface area contributed by atoms with Crippen LogP contribution in [0.1, 0.15) is 32.7 Å². The van der Waals surface area contributed by atoms with Gasteiger partial charge < -0.3 is 10.1 Å². The van der Waals surface area contributed by atoms with Gasteiger partial charge in [-0.2, -0.15) is 0 Å². The first-order valence-corrected chi connectivity index (χ1v) is 10.1. The number of carbonyl (C=O) groups is 1. The molecule has 0 radical (unpaired) electrons. The summed E-state index contributed by atoms with van der Waals surface area (Å²) in [4.78, 5) is 30.3. The Labute approximate surface area is 183 Å². The van der Waals surface area contributed by atoms with E-state index in [1.54, 1.807) is 26.2 Å². The molecule has 0 aliphatic rings. The Bertz CT molecular complexity index is 1290. The van der Waals surface area contributed by atoms with Crippen LogP contribution in [0.5, 0.6) is 5.75 Å².